The van der Waals surface area contributed by atoms with Gasteiger partial charge in [0.1, 0.15) is 5.82 Å². The smallest absolute Gasteiger partial charge is 0.254 e. The van der Waals surface area contributed by atoms with Crippen molar-refractivity contribution in [2.75, 3.05) is 20.3 Å². The summed E-state index contributed by atoms with van der Waals surface area (Å²) in [6.07, 6.45) is 1.48. The van der Waals surface area contributed by atoms with E-state index in [1.807, 2.05) is 13.8 Å². The normalized spacial score (nSPS) is 11.7. The van der Waals surface area contributed by atoms with Crippen LogP contribution in [0, 0.1) is 11.7 Å². The van der Waals surface area contributed by atoms with Gasteiger partial charge < -0.3 is 14.2 Å². The molecule has 1 amide bonds. The van der Waals surface area contributed by atoms with Crippen LogP contribution in [0.15, 0.2) is 59.9 Å². The predicted octanol–water partition coefficient (Wildman–Crippen LogP) is 4.59. The molecule has 35 heavy (non-hydrogen) atoms. The maximum absolute atomic E-state index is 13.7. The van der Waals surface area contributed by atoms with Gasteiger partial charge in [-0.3, -0.25) is 4.79 Å². The molecule has 3 aromatic rings. The van der Waals surface area contributed by atoms with E-state index in [1.165, 1.54) is 42.5 Å². The highest BCUT2D eigenvalue weighted by molar-refractivity contribution is 7.90. The van der Waals surface area contributed by atoms with Crippen molar-refractivity contribution in [1.29, 1.82) is 0 Å². The molecule has 0 aliphatic rings. The van der Waals surface area contributed by atoms with E-state index in [0.29, 0.717) is 22.8 Å². The summed E-state index contributed by atoms with van der Waals surface area (Å²) in [5, 5.41) is 0.389. The lowest BCUT2D eigenvalue weighted by Crippen LogP contribution is -2.34. The van der Waals surface area contributed by atoms with Gasteiger partial charge in [0, 0.05) is 30.8 Å². The lowest BCUT2D eigenvalue weighted by molar-refractivity contribution is 0.0674. The molecule has 7 nitrogen and oxygen atoms in total. The average molecular weight is 522 g/mol. The highest BCUT2D eigenvalue weighted by Gasteiger charge is 2.26. The Morgan fingerprint density at radius 1 is 1.20 bits per heavy atom. The number of aromatic nitrogens is 2. The number of rotatable bonds is 11. The molecule has 0 aliphatic heterocycles. The highest BCUT2D eigenvalue weighted by atomic mass is 35.5. The number of methoxy groups -OCH3 is 1. The molecule has 0 atom stereocenters. The van der Waals surface area contributed by atoms with Gasteiger partial charge in [0.25, 0.3) is 5.91 Å². The Kier molecular flexibility index (Phi) is 9.04. The minimum absolute atomic E-state index is 0.0638. The predicted molar refractivity (Wildman–Crippen MR) is 132 cm³/mol. The van der Waals surface area contributed by atoms with E-state index in [4.69, 9.17) is 16.3 Å². The van der Waals surface area contributed by atoms with Crippen LogP contribution < -0.4 is 0 Å². The van der Waals surface area contributed by atoms with Crippen molar-refractivity contribution in [3.63, 3.8) is 0 Å². The summed E-state index contributed by atoms with van der Waals surface area (Å²) in [6.45, 7) is 4.93. The van der Waals surface area contributed by atoms with Crippen molar-refractivity contribution >= 4 is 27.3 Å². The van der Waals surface area contributed by atoms with Gasteiger partial charge in [-0.05, 0) is 41.8 Å². The molecule has 0 aliphatic carbocycles. The van der Waals surface area contributed by atoms with E-state index >= 15 is 0 Å². The van der Waals surface area contributed by atoms with Crippen molar-refractivity contribution in [3.8, 4) is 0 Å². The third-order valence-electron chi connectivity index (χ3n) is 5.25. The van der Waals surface area contributed by atoms with E-state index in [1.54, 1.807) is 28.8 Å². The number of hydrogen-bond donors (Lipinski definition) is 0. The van der Waals surface area contributed by atoms with Crippen LogP contribution in [0.1, 0.15) is 35.5 Å². The molecule has 10 heteroatoms. The molecular weight excluding hydrogens is 493 g/mol. The van der Waals surface area contributed by atoms with Gasteiger partial charge >= 0.3 is 0 Å². The molecule has 0 radical (unpaired) electrons. The number of carbonyl (C=O) groups excluding carboxylic acids is 1. The maximum atomic E-state index is 13.7. The molecule has 0 N–H and O–H groups in total. The standard InChI is InChI=1S/C25H29ClFN3O4S/c1-18(2)15-30-23(14-28-25(30)35(32,33)17-19-6-4-8-21(26)12-19)16-29(10-11-34-3)24(31)20-7-5-9-22(27)13-20/h4-9,12-14,18H,10-11,15-17H2,1-3H3. The molecule has 0 fully saturated rings. The van der Waals surface area contributed by atoms with Crippen LogP contribution >= 0.6 is 11.6 Å². The second kappa shape index (κ2) is 11.8. The van der Waals surface area contributed by atoms with E-state index in [2.05, 4.69) is 4.98 Å². The molecule has 0 unspecified atom stereocenters. The Bertz CT molecular complexity index is 1280. The molecule has 188 valence electrons. The van der Waals surface area contributed by atoms with Crippen molar-refractivity contribution in [2.45, 2.75) is 37.8 Å². The van der Waals surface area contributed by atoms with Crippen molar-refractivity contribution in [2.24, 2.45) is 5.92 Å². The summed E-state index contributed by atoms with van der Waals surface area (Å²) in [7, 11) is -2.28. The van der Waals surface area contributed by atoms with Gasteiger partial charge in [0.05, 0.1) is 30.8 Å². The fourth-order valence-corrected chi connectivity index (χ4v) is 5.39. The molecule has 0 saturated heterocycles. The molecule has 1 heterocycles. The minimum Gasteiger partial charge on any atom is -0.383 e. The van der Waals surface area contributed by atoms with Crippen molar-refractivity contribution in [3.05, 3.63) is 82.4 Å². The lowest BCUT2D eigenvalue weighted by Gasteiger charge is -2.24. The molecule has 2 aromatic carbocycles. The molecular formula is C25H29ClFN3O4S. The number of hydrogen-bond acceptors (Lipinski definition) is 5. The van der Waals surface area contributed by atoms with Gasteiger partial charge in [-0.15, -0.1) is 0 Å². The number of carbonyl (C=O) groups is 1. The molecule has 0 saturated carbocycles. The number of sulfone groups is 1. The number of halogens is 2. The SMILES string of the molecule is COCCN(Cc1cnc(S(=O)(=O)Cc2cccc(Cl)c2)n1CC(C)C)C(=O)c1cccc(F)c1. The summed E-state index contributed by atoms with van der Waals surface area (Å²) < 4.78 is 47.1. The average Bonchev–Trinajstić information content (AvgIpc) is 3.18. The van der Waals surface area contributed by atoms with Crippen LogP contribution in [0.25, 0.3) is 0 Å². The Morgan fingerprint density at radius 3 is 2.60 bits per heavy atom. The lowest BCUT2D eigenvalue weighted by atomic mass is 10.2. The minimum atomic E-state index is -3.80. The number of ether oxygens (including phenoxy) is 1. The van der Waals surface area contributed by atoms with Crippen molar-refractivity contribution < 1.29 is 22.3 Å². The zero-order valence-electron chi connectivity index (χ0n) is 19.9. The zero-order chi connectivity index (χ0) is 25.6. The van der Waals surface area contributed by atoms with E-state index in [0.717, 1.165) is 0 Å². The highest BCUT2D eigenvalue weighted by Crippen LogP contribution is 2.22. The number of imidazole rings is 1. The first kappa shape index (κ1) is 26.8. The Balaban J connectivity index is 1.96. The summed E-state index contributed by atoms with van der Waals surface area (Å²) in [5.74, 6) is -1.03. The van der Waals surface area contributed by atoms with Crippen LogP contribution in [0.4, 0.5) is 4.39 Å². The van der Waals surface area contributed by atoms with Crippen molar-refractivity contribution in [1.82, 2.24) is 14.5 Å². The second-order valence-electron chi connectivity index (χ2n) is 8.66. The van der Waals surface area contributed by atoms with Gasteiger partial charge in [0.2, 0.25) is 15.0 Å². The fourth-order valence-electron chi connectivity index (χ4n) is 3.69. The summed E-state index contributed by atoms with van der Waals surface area (Å²) >= 11 is 6.03. The molecule has 0 spiro atoms. The van der Waals surface area contributed by atoms with Gasteiger partial charge in [-0.1, -0.05) is 43.6 Å². The van der Waals surface area contributed by atoms with Crippen LogP contribution in [0.5, 0.6) is 0 Å². The van der Waals surface area contributed by atoms with E-state index in [9.17, 15) is 17.6 Å². The molecule has 0 bridgehead atoms. The summed E-state index contributed by atoms with van der Waals surface area (Å²) in [4.78, 5) is 18.9. The van der Waals surface area contributed by atoms with Gasteiger partial charge in [0.15, 0.2) is 0 Å². The quantitative estimate of drug-likeness (QED) is 0.368. The van der Waals surface area contributed by atoms with Crippen LogP contribution in [-0.4, -0.2) is 49.0 Å². The zero-order valence-corrected chi connectivity index (χ0v) is 21.5. The number of nitrogens with zero attached hydrogens (tertiary/aromatic N) is 3. The third-order valence-corrected chi connectivity index (χ3v) is 7.08. The number of amides is 1. The van der Waals surface area contributed by atoms with Crippen LogP contribution in [0.3, 0.4) is 0 Å². The van der Waals surface area contributed by atoms with Gasteiger partial charge in [-0.2, -0.15) is 0 Å². The van der Waals surface area contributed by atoms with Gasteiger partial charge in [-0.25, -0.2) is 17.8 Å². The third kappa shape index (κ3) is 7.13. The van der Waals surface area contributed by atoms with Crippen LogP contribution in [-0.2, 0) is 33.4 Å². The Labute approximate surface area is 210 Å². The van der Waals surface area contributed by atoms with Crippen LogP contribution in [0.2, 0.25) is 5.02 Å². The summed E-state index contributed by atoms with van der Waals surface area (Å²) in [6, 6.07) is 12.1. The molecule has 1 aromatic heterocycles. The first-order valence-electron chi connectivity index (χ1n) is 11.2. The summed E-state index contributed by atoms with van der Waals surface area (Å²) in [5.41, 5.74) is 1.32. The second-order valence-corrected chi connectivity index (χ2v) is 11.0. The molecule has 3 rings (SSSR count). The first-order chi connectivity index (χ1) is 16.6. The van der Waals surface area contributed by atoms with E-state index < -0.39 is 15.7 Å². The monoisotopic (exact) mass is 521 g/mol. The topological polar surface area (TPSA) is 81.5 Å². The largest absolute Gasteiger partial charge is 0.383 e. The fraction of sp³-hybridized carbons (Fsp3) is 0.360. The Morgan fingerprint density at radius 2 is 1.94 bits per heavy atom. The van der Waals surface area contributed by atoms with E-state index in [-0.39, 0.29) is 48.0 Å². The first-order valence-corrected chi connectivity index (χ1v) is 13.2. The number of benzene rings is 2. The maximum Gasteiger partial charge on any atom is 0.254 e. The Hall–Kier alpha value is -2.75.